The molecule has 0 bridgehead atoms. The molecule has 4 rings (SSSR count). The van der Waals surface area contributed by atoms with E-state index in [0.29, 0.717) is 5.41 Å². The fourth-order valence-corrected chi connectivity index (χ4v) is 7.38. The fourth-order valence-electron chi connectivity index (χ4n) is 7.33. The van der Waals surface area contributed by atoms with Gasteiger partial charge in [0.05, 0.1) is 6.10 Å². The number of nitrogens with one attached hydrogen (secondary N) is 1. The molecule has 0 aromatic rings. The number of nitrogens with zero attached hydrogens (tertiary/aromatic N) is 1. The predicted octanol–water partition coefficient (Wildman–Crippen LogP) is 3.58. The van der Waals surface area contributed by atoms with Crippen LogP contribution in [0.1, 0.15) is 71.6 Å². The number of rotatable bonds is 1. The van der Waals surface area contributed by atoms with E-state index in [-0.39, 0.29) is 16.6 Å². The van der Waals surface area contributed by atoms with Crippen molar-refractivity contribution in [2.75, 3.05) is 0 Å². The highest BCUT2D eigenvalue weighted by Crippen LogP contribution is 2.65. The molecule has 4 aliphatic carbocycles. The number of nitrogens with two attached hydrogens (primary N) is 1. The average molecular weight is 364 g/mol. The van der Waals surface area contributed by atoms with Crippen molar-refractivity contribution in [3.8, 4) is 0 Å². The van der Waals surface area contributed by atoms with Gasteiger partial charge in [-0.2, -0.15) is 5.10 Å². The molecule has 4 saturated carbocycles. The summed E-state index contributed by atoms with van der Waals surface area (Å²) in [6, 6.07) is 0. The molecule has 4 fully saturated rings. The number of fused-ring (bicyclic) bond motifs is 5. The summed E-state index contributed by atoms with van der Waals surface area (Å²) in [6.07, 6.45) is 10.7. The highest BCUT2D eigenvalue weighted by Gasteiger charge is 2.59. The number of hydrazone groups is 1. The van der Waals surface area contributed by atoms with Crippen molar-refractivity contribution in [2.24, 2.45) is 45.3 Å². The fraction of sp³-hybridized carbons (Fsp3) is 0.900. The Kier molecular flexibility index (Phi) is 4.39. The largest absolute Gasteiger partial charge is 0.393 e. The first-order valence-corrected chi connectivity index (χ1v) is 10.6. The van der Waals surface area contributed by atoms with E-state index in [1.165, 1.54) is 44.2 Å². The topological polar surface area (TPSA) is 70.6 Å². The van der Waals surface area contributed by atoms with E-state index in [1.54, 1.807) is 0 Å². The van der Waals surface area contributed by atoms with E-state index in [4.69, 9.17) is 18.0 Å². The Morgan fingerprint density at radius 1 is 1.16 bits per heavy atom. The van der Waals surface area contributed by atoms with Gasteiger partial charge >= 0.3 is 0 Å². The minimum atomic E-state index is -0.0557. The van der Waals surface area contributed by atoms with Crippen LogP contribution in [0.2, 0.25) is 0 Å². The van der Waals surface area contributed by atoms with Crippen molar-refractivity contribution in [1.82, 2.24) is 5.43 Å². The average Bonchev–Trinajstić information content (AvgIpc) is 2.90. The van der Waals surface area contributed by atoms with Gasteiger partial charge in [0, 0.05) is 11.1 Å². The van der Waals surface area contributed by atoms with Crippen LogP contribution in [0.25, 0.3) is 0 Å². The molecule has 0 unspecified atom stereocenters. The lowest BCUT2D eigenvalue weighted by Gasteiger charge is -2.60. The van der Waals surface area contributed by atoms with Gasteiger partial charge in [-0.05, 0) is 99.1 Å². The zero-order chi connectivity index (χ0) is 17.8. The van der Waals surface area contributed by atoms with Crippen molar-refractivity contribution in [1.29, 1.82) is 0 Å². The van der Waals surface area contributed by atoms with Crippen LogP contribution in [0, 0.1) is 34.5 Å². The number of thiocarbonyl (C=S) groups is 1. The van der Waals surface area contributed by atoms with Crippen molar-refractivity contribution in [3.63, 3.8) is 0 Å². The minimum absolute atomic E-state index is 0.0557. The number of hydrogen-bond acceptors (Lipinski definition) is 3. The molecule has 0 amide bonds. The van der Waals surface area contributed by atoms with Gasteiger partial charge in [-0.25, -0.2) is 0 Å². The van der Waals surface area contributed by atoms with E-state index in [1.807, 2.05) is 0 Å². The molecule has 0 spiro atoms. The molecule has 25 heavy (non-hydrogen) atoms. The van der Waals surface area contributed by atoms with Gasteiger partial charge in [0.15, 0.2) is 5.11 Å². The van der Waals surface area contributed by atoms with Crippen LogP contribution in [-0.4, -0.2) is 22.0 Å². The summed E-state index contributed by atoms with van der Waals surface area (Å²) in [4.78, 5) is 0. The van der Waals surface area contributed by atoms with Gasteiger partial charge in [-0.15, -0.1) is 0 Å². The van der Waals surface area contributed by atoms with E-state index >= 15 is 0 Å². The number of hydrogen-bond donors (Lipinski definition) is 3. The van der Waals surface area contributed by atoms with Crippen molar-refractivity contribution < 1.29 is 5.11 Å². The van der Waals surface area contributed by atoms with Crippen LogP contribution in [0.5, 0.6) is 0 Å². The molecule has 0 heterocycles. The number of aliphatic hydroxyl groups is 1. The SMILES string of the molecule is C[C@]12CC[C@H](O)C[C@@H]1CC[C@H]1[C@H]3CC/C(=N\NC(N)=S)[C@@]3(C)CC[C@@H]12. The Labute approximate surface area is 157 Å². The van der Waals surface area contributed by atoms with Gasteiger partial charge in [-0.1, -0.05) is 13.8 Å². The molecule has 7 atom stereocenters. The Morgan fingerprint density at radius 3 is 2.72 bits per heavy atom. The van der Waals surface area contributed by atoms with Gasteiger partial charge in [-0.3, -0.25) is 5.43 Å². The predicted molar refractivity (Wildman–Crippen MR) is 105 cm³/mol. The van der Waals surface area contributed by atoms with Crippen molar-refractivity contribution in [2.45, 2.75) is 77.7 Å². The summed E-state index contributed by atoms with van der Waals surface area (Å²) in [6.45, 7) is 4.97. The van der Waals surface area contributed by atoms with Crippen LogP contribution in [0.15, 0.2) is 5.10 Å². The van der Waals surface area contributed by atoms with Crippen molar-refractivity contribution in [3.05, 3.63) is 0 Å². The zero-order valence-electron chi connectivity index (χ0n) is 15.6. The Morgan fingerprint density at radius 2 is 1.96 bits per heavy atom. The third-order valence-corrected chi connectivity index (χ3v) is 8.77. The molecule has 0 saturated heterocycles. The molecule has 4 N–H and O–H groups in total. The monoisotopic (exact) mass is 363 g/mol. The first-order chi connectivity index (χ1) is 11.8. The quantitative estimate of drug-likeness (QED) is 0.492. The van der Waals surface area contributed by atoms with E-state index in [9.17, 15) is 5.11 Å². The van der Waals surface area contributed by atoms with Crippen LogP contribution >= 0.6 is 12.2 Å². The lowest BCUT2D eigenvalue weighted by atomic mass is 9.45. The lowest BCUT2D eigenvalue weighted by molar-refractivity contribution is -0.113. The standard InChI is InChI=1S/C20H33N3OS/c1-19-9-7-13(24)11-12(19)3-4-14-15-5-6-17(22-23-18(21)25)20(15,2)10-8-16(14)19/h12-16,24H,3-11H2,1-2H3,(H3,21,23,25)/b22-17+/t12-,13-,14-,15+,16-,19-,20-/m0/s1. The summed E-state index contributed by atoms with van der Waals surface area (Å²) in [5.74, 6) is 3.14. The second-order valence-corrected chi connectivity index (χ2v) is 10.1. The van der Waals surface area contributed by atoms with E-state index in [2.05, 4.69) is 24.4 Å². The maximum atomic E-state index is 10.1. The smallest absolute Gasteiger partial charge is 0.184 e. The van der Waals surface area contributed by atoms with Crippen LogP contribution in [-0.2, 0) is 0 Å². The van der Waals surface area contributed by atoms with E-state index in [0.717, 1.165) is 42.9 Å². The molecular weight excluding hydrogens is 330 g/mol. The summed E-state index contributed by atoms with van der Waals surface area (Å²) in [5, 5.41) is 15.0. The summed E-state index contributed by atoms with van der Waals surface area (Å²) < 4.78 is 0. The second-order valence-electron chi connectivity index (χ2n) is 9.61. The van der Waals surface area contributed by atoms with Crippen LogP contribution in [0.4, 0.5) is 0 Å². The van der Waals surface area contributed by atoms with Gasteiger partial charge in [0.25, 0.3) is 0 Å². The molecule has 140 valence electrons. The van der Waals surface area contributed by atoms with Crippen LogP contribution in [0.3, 0.4) is 0 Å². The number of aliphatic hydroxyl groups excluding tert-OH is 1. The molecular formula is C20H33N3OS. The Balaban J connectivity index is 1.58. The molecule has 4 aliphatic rings. The van der Waals surface area contributed by atoms with Gasteiger partial charge in [0.1, 0.15) is 0 Å². The second kappa shape index (κ2) is 6.19. The third-order valence-electron chi connectivity index (χ3n) is 8.68. The van der Waals surface area contributed by atoms with Crippen molar-refractivity contribution >= 4 is 23.0 Å². The van der Waals surface area contributed by atoms with Crippen LogP contribution < -0.4 is 11.2 Å². The highest BCUT2D eigenvalue weighted by molar-refractivity contribution is 7.80. The Hall–Kier alpha value is -0.680. The normalized spacial score (nSPS) is 50.7. The summed E-state index contributed by atoms with van der Waals surface area (Å²) in [7, 11) is 0. The summed E-state index contributed by atoms with van der Waals surface area (Å²) >= 11 is 4.93. The molecule has 4 nitrogen and oxygen atoms in total. The van der Waals surface area contributed by atoms with Gasteiger partial charge < -0.3 is 10.8 Å². The van der Waals surface area contributed by atoms with Gasteiger partial charge in [0.2, 0.25) is 0 Å². The molecule has 0 radical (unpaired) electrons. The first kappa shape index (κ1) is 17.7. The van der Waals surface area contributed by atoms with E-state index < -0.39 is 0 Å². The summed E-state index contributed by atoms with van der Waals surface area (Å²) in [5.41, 5.74) is 10.4. The highest BCUT2D eigenvalue weighted by atomic mass is 32.1. The minimum Gasteiger partial charge on any atom is -0.393 e. The zero-order valence-corrected chi connectivity index (χ0v) is 16.4. The molecule has 0 aliphatic heterocycles. The molecule has 0 aromatic heterocycles. The first-order valence-electron chi connectivity index (χ1n) is 10.1. The maximum Gasteiger partial charge on any atom is 0.184 e. The maximum absolute atomic E-state index is 10.1. The molecule has 0 aromatic carbocycles. The lowest BCUT2D eigenvalue weighted by Crippen LogP contribution is -2.54. The third kappa shape index (κ3) is 2.73. The molecule has 5 heteroatoms. The Bertz CT molecular complexity index is 593.